The smallest absolute Gasteiger partial charge is 0.0633 e. The number of hydrogen-bond donors (Lipinski definition) is 0. The molecule has 2 fully saturated rings. The minimum Gasteiger partial charge on any atom is -0.0633 e. The molecule has 0 spiro atoms. The maximum atomic E-state index is 7.42. The summed E-state index contributed by atoms with van der Waals surface area (Å²) in [7, 11) is 7.42. The van der Waals surface area contributed by atoms with Crippen LogP contribution in [0.15, 0.2) is 0 Å². The Balaban J connectivity index is 1.93. The van der Waals surface area contributed by atoms with Gasteiger partial charge in [-0.3, -0.25) is 0 Å². The molecular formula is C32H61B. The summed E-state index contributed by atoms with van der Waals surface area (Å²) < 4.78 is 0. The second-order valence-electron chi connectivity index (χ2n) is 12.5. The molecule has 192 valence electrons. The van der Waals surface area contributed by atoms with Crippen LogP contribution in [0, 0.1) is 11.8 Å². The third kappa shape index (κ3) is 14.3. The molecule has 0 aliphatic heterocycles. The Labute approximate surface area is 211 Å². The molecule has 2 atom stereocenters. The lowest BCUT2D eigenvalue weighted by Crippen LogP contribution is -2.25. The predicted octanol–water partition coefficient (Wildman–Crippen LogP) is 11.5. The molecule has 1 heteroatoms. The van der Waals surface area contributed by atoms with E-state index in [1.807, 2.05) is 0 Å². The van der Waals surface area contributed by atoms with Gasteiger partial charge in [-0.2, -0.15) is 0 Å². The first-order chi connectivity index (χ1) is 16.2. The molecular weight excluding hydrogens is 395 g/mol. The van der Waals surface area contributed by atoms with Gasteiger partial charge < -0.3 is 0 Å². The molecule has 0 aromatic carbocycles. The molecule has 0 amide bonds. The third-order valence-corrected chi connectivity index (χ3v) is 9.35. The number of hydrogen-bond acceptors (Lipinski definition) is 0. The lowest BCUT2D eigenvalue weighted by atomic mass is 9.53. The van der Waals surface area contributed by atoms with Crippen LogP contribution < -0.4 is 0 Å². The van der Waals surface area contributed by atoms with E-state index >= 15 is 0 Å². The normalized spacial score (nSPS) is 31.2. The van der Waals surface area contributed by atoms with Gasteiger partial charge in [-0.25, -0.2) is 0 Å². The van der Waals surface area contributed by atoms with Crippen molar-refractivity contribution in [1.29, 1.82) is 0 Å². The van der Waals surface area contributed by atoms with Crippen LogP contribution in [0.25, 0.3) is 0 Å². The summed E-state index contributed by atoms with van der Waals surface area (Å²) in [5.74, 6) is 1.71. The van der Waals surface area contributed by atoms with Crippen LogP contribution in [0.3, 0.4) is 0 Å². The Hall–Kier alpha value is 0.0649. The van der Waals surface area contributed by atoms with E-state index in [2.05, 4.69) is 6.92 Å². The van der Waals surface area contributed by atoms with Crippen molar-refractivity contribution in [1.82, 2.24) is 0 Å². The van der Waals surface area contributed by atoms with Crippen molar-refractivity contribution in [3.05, 3.63) is 0 Å². The maximum absolute atomic E-state index is 7.42. The summed E-state index contributed by atoms with van der Waals surface area (Å²) in [6.45, 7) is 2.49. The van der Waals surface area contributed by atoms with E-state index < -0.39 is 0 Å². The first-order valence-corrected chi connectivity index (χ1v) is 16.0. The van der Waals surface area contributed by atoms with E-state index in [1.165, 1.54) is 180 Å². The van der Waals surface area contributed by atoms with Crippen molar-refractivity contribution < 1.29 is 0 Å². The molecule has 0 bridgehead atoms. The van der Waals surface area contributed by atoms with Crippen LogP contribution in [0.1, 0.15) is 187 Å². The van der Waals surface area contributed by atoms with Crippen molar-refractivity contribution in [3.8, 4) is 0 Å². The van der Waals surface area contributed by atoms with Gasteiger partial charge in [0.1, 0.15) is 0 Å². The van der Waals surface area contributed by atoms with Gasteiger partial charge in [0.15, 0.2) is 0 Å². The third-order valence-electron chi connectivity index (χ3n) is 9.35. The van der Waals surface area contributed by atoms with Gasteiger partial charge in [-0.05, 0) is 11.8 Å². The fourth-order valence-corrected chi connectivity index (χ4v) is 6.90. The molecule has 0 heterocycles. The molecule has 0 aromatic heterocycles. The molecule has 2 unspecified atom stereocenters. The van der Waals surface area contributed by atoms with Crippen LogP contribution in [0.2, 0.25) is 5.31 Å². The van der Waals surface area contributed by atoms with Gasteiger partial charge in [0, 0.05) is 0 Å². The highest BCUT2D eigenvalue weighted by Gasteiger charge is 2.32. The molecule has 33 heavy (non-hydrogen) atoms. The fourth-order valence-electron chi connectivity index (χ4n) is 6.90. The van der Waals surface area contributed by atoms with Crippen LogP contribution in [-0.4, -0.2) is 7.85 Å². The summed E-state index contributed by atoms with van der Waals surface area (Å²) in [6, 6.07) is 0. The maximum Gasteiger partial charge on any atom is 0.0750 e. The van der Waals surface area contributed by atoms with Gasteiger partial charge in [0.25, 0.3) is 0 Å². The van der Waals surface area contributed by atoms with E-state index in [9.17, 15) is 0 Å². The van der Waals surface area contributed by atoms with E-state index in [0.29, 0.717) is 0 Å². The Morgan fingerprint density at radius 2 is 0.667 bits per heavy atom. The summed E-state index contributed by atoms with van der Waals surface area (Å²) in [6.07, 6.45) is 40.2. The first kappa shape index (κ1) is 29.3. The van der Waals surface area contributed by atoms with Gasteiger partial charge >= 0.3 is 0 Å². The summed E-state index contributed by atoms with van der Waals surface area (Å²) in [5, 5.41) is 0.122. The second-order valence-corrected chi connectivity index (χ2v) is 12.5. The average Bonchev–Trinajstić information content (AvgIpc) is 2.80. The van der Waals surface area contributed by atoms with Gasteiger partial charge in [-0.15, -0.1) is 0 Å². The van der Waals surface area contributed by atoms with E-state index in [1.54, 1.807) is 0 Å². The largest absolute Gasteiger partial charge is 0.0750 e. The van der Waals surface area contributed by atoms with E-state index in [0.717, 1.165) is 11.8 Å². The zero-order chi connectivity index (χ0) is 23.5. The van der Waals surface area contributed by atoms with Crippen molar-refractivity contribution in [3.63, 3.8) is 0 Å². The average molecular weight is 457 g/mol. The Bertz CT molecular complexity index is 416. The highest BCUT2D eigenvalue weighted by Crippen LogP contribution is 2.48. The Morgan fingerprint density at radius 1 is 0.394 bits per heavy atom. The lowest BCUT2D eigenvalue weighted by Gasteiger charge is -2.40. The van der Waals surface area contributed by atoms with Gasteiger partial charge in [0.2, 0.25) is 0 Å². The van der Waals surface area contributed by atoms with Crippen LogP contribution in [0.5, 0.6) is 0 Å². The molecule has 2 rings (SSSR count). The zero-order valence-corrected chi connectivity index (χ0v) is 23.0. The Kier molecular flexibility index (Phi) is 17.1. The first-order valence-electron chi connectivity index (χ1n) is 16.0. The van der Waals surface area contributed by atoms with Crippen LogP contribution in [0.4, 0.5) is 0 Å². The van der Waals surface area contributed by atoms with E-state index in [-0.39, 0.29) is 5.31 Å². The lowest BCUT2D eigenvalue weighted by molar-refractivity contribution is 0.254. The minimum atomic E-state index is 0.122. The monoisotopic (exact) mass is 456 g/mol. The zero-order valence-electron chi connectivity index (χ0n) is 23.0. The second kappa shape index (κ2) is 19.3. The van der Waals surface area contributed by atoms with Crippen LogP contribution in [-0.2, 0) is 0 Å². The molecule has 0 aromatic rings. The van der Waals surface area contributed by atoms with E-state index in [4.69, 9.17) is 7.85 Å². The summed E-state index contributed by atoms with van der Waals surface area (Å²) >= 11 is 0. The molecule has 2 aliphatic rings. The van der Waals surface area contributed by atoms with Crippen molar-refractivity contribution >= 4 is 7.85 Å². The standard InChI is InChI=1S/C32H61B/c1-30-24-18-13-11-12-16-22-28-32(33,29-23-17-19-25-30)31-26-20-14-9-7-5-3-2-4-6-8-10-15-21-27-31/h30-31H,2-29H2,1H3. The fraction of sp³-hybridized carbons (Fsp3) is 1.00. The van der Waals surface area contributed by atoms with Crippen molar-refractivity contribution in [2.45, 2.75) is 192 Å². The summed E-state index contributed by atoms with van der Waals surface area (Å²) in [4.78, 5) is 0. The molecule has 2 radical (unpaired) electrons. The molecule has 0 N–H and O–H groups in total. The quantitative estimate of drug-likeness (QED) is 0.344. The minimum absolute atomic E-state index is 0.122. The Morgan fingerprint density at radius 3 is 1.06 bits per heavy atom. The molecule has 2 aliphatic carbocycles. The number of rotatable bonds is 1. The topological polar surface area (TPSA) is 0 Å². The van der Waals surface area contributed by atoms with Gasteiger partial charge in [-0.1, -0.05) is 192 Å². The molecule has 0 nitrogen and oxygen atoms in total. The van der Waals surface area contributed by atoms with Crippen molar-refractivity contribution in [2.75, 3.05) is 0 Å². The highest BCUT2D eigenvalue weighted by atomic mass is 14.3. The SMILES string of the molecule is [B]C1(C2CCCCCCCCCCCCCCC2)CCCCCCCCC(C)CCCCC1. The summed E-state index contributed by atoms with van der Waals surface area (Å²) in [5.41, 5.74) is 0. The van der Waals surface area contributed by atoms with Gasteiger partial charge in [0.05, 0.1) is 7.85 Å². The van der Waals surface area contributed by atoms with Crippen LogP contribution >= 0.6 is 0 Å². The molecule has 2 saturated carbocycles. The highest BCUT2D eigenvalue weighted by molar-refractivity contribution is 6.15. The van der Waals surface area contributed by atoms with Crippen molar-refractivity contribution in [2.24, 2.45) is 11.8 Å². The predicted molar refractivity (Wildman–Crippen MR) is 150 cm³/mol. The molecule has 0 saturated heterocycles.